The second kappa shape index (κ2) is 44.0. The van der Waals surface area contributed by atoms with Crippen molar-refractivity contribution in [1.82, 2.24) is 10.6 Å². The number of hydrogen-bond acceptors (Lipinski definition) is 4. The minimum atomic E-state index is -0.684. The highest BCUT2D eigenvalue weighted by molar-refractivity contribution is 5.84. The Labute approximate surface area is 347 Å². The van der Waals surface area contributed by atoms with Crippen LogP contribution in [-0.2, 0) is 19.1 Å². The number of nitrogens with one attached hydrogen (secondary N) is 2. The van der Waals surface area contributed by atoms with E-state index in [0.717, 1.165) is 77.0 Å². The lowest BCUT2D eigenvalue weighted by Gasteiger charge is -2.16. The minimum absolute atomic E-state index is 0.0155. The molecule has 0 bridgehead atoms. The average Bonchev–Trinajstić information content (AvgIpc) is 3.21. The Hall–Kier alpha value is -4.71. The molecule has 0 fully saturated rings. The number of ether oxygens (including phenoxy) is 1. The Morgan fingerprint density at radius 3 is 1.09 bits per heavy atom. The summed E-state index contributed by atoms with van der Waals surface area (Å²) in [6.45, 7) is 4.83. The van der Waals surface area contributed by atoms with Crippen LogP contribution in [0.15, 0.2) is 146 Å². The predicted octanol–water partition coefficient (Wildman–Crippen LogP) is 12.9. The molecule has 0 spiro atoms. The molecule has 2 amide bonds. The van der Waals surface area contributed by atoms with Gasteiger partial charge in [-0.1, -0.05) is 160 Å². The van der Waals surface area contributed by atoms with E-state index in [2.05, 4.69) is 158 Å². The first-order valence-corrected chi connectivity index (χ1v) is 21.5. The van der Waals surface area contributed by atoms with Gasteiger partial charge in [0.15, 0.2) is 0 Å². The molecule has 0 saturated heterocycles. The summed E-state index contributed by atoms with van der Waals surface area (Å²) in [4.78, 5) is 36.9. The fraction of sp³-hybridized carbons (Fsp3) is 0.471. The summed E-state index contributed by atoms with van der Waals surface area (Å²) < 4.78 is 4.91. The highest BCUT2D eigenvalue weighted by Crippen LogP contribution is 2.05. The Bertz CT molecular complexity index is 1370. The highest BCUT2D eigenvalue weighted by atomic mass is 16.5. The van der Waals surface area contributed by atoms with Crippen LogP contribution in [0.4, 0.5) is 0 Å². The third-order valence-electron chi connectivity index (χ3n) is 8.33. The maximum Gasteiger partial charge on any atom is 0.328 e. The maximum atomic E-state index is 12.5. The smallest absolute Gasteiger partial charge is 0.328 e. The fourth-order valence-corrected chi connectivity index (χ4v) is 5.16. The van der Waals surface area contributed by atoms with Gasteiger partial charge in [-0.05, 0) is 109 Å². The summed E-state index contributed by atoms with van der Waals surface area (Å²) >= 11 is 0. The Morgan fingerprint density at radius 2 is 0.754 bits per heavy atom. The van der Waals surface area contributed by atoms with Crippen LogP contribution in [0.1, 0.15) is 136 Å². The molecule has 6 nitrogen and oxygen atoms in total. The average molecular weight is 781 g/mol. The molecule has 0 aromatic carbocycles. The highest BCUT2D eigenvalue weighted by Gasteiger charge is 2.20. The summed E-state index contributed by atoms with van der Waals surface area (Å²) in [5.74, 6) is -0.605. The molecule has 0 saturated carbocycles. The summed E-state index contributed by atoms with van der Waals surface area (Å²) in [7, 11) is 1.33. The molecule has 6 heteroatoms. The molecule has 0 aromatic rings. The zero-order valence-electron chi connectivity index (χ0n) is 35.7. The van der Waals surface area contributed by atoms with E-state index in [4.69, 9.17) is 4.74 Å². The van der Waals surface area contributed by atoms with Crippen LogP contribution in [0.2, 0.25) is 0 Å². The summed E-state index contributed by atoms with van der Waals surface area (Å²) in [5, 5.41) is 5.76. The number of unbranched alkanes of at least 4 members (excludes halogenated alkanes) is 1. The van der Waals surface area contributed by atoms with Gasteiger partial charge >= 0.3 is 5.97 Å². The topological polar surface area (TPSA) is 84.5 Å². The van der Waals surface area contributed by atoms with Crippen molar-refractivity contribution in [2.24, 2.45) is 0 Å². The maximum absolute atomic E-state index is 12.5. The van der Waals surface area contributed by atoms with Gasteiger partial charge in [0, 0.05) is 19.4 Å². The lowest BCUT2D eigenvalue weighted by Crippen LogP contribution is -2.41. The van der Waals surface area contributed by atoms with Crippen molar-refractivity contribution in [1.29, 1.82) is 0 Å². The van der Waals surface area contributed by atoms with Crippen molar-refractivity contribution in [2.45, 2.75) is 142 Å². The lowest BCUT2D eigenvalue weighted by molar-refractivity contribution is -0.145. The van der Waals surface area contributed by atoms with Crippen molar-refractivity contribution in [2.75, 3.05) is 13.7 Å². The van der Waals surface area contributed by atoms with Gasteiger partial charge in [-0.25, -0.2) is 4.79 Å². The molecule has 2 N–H and O–H groups in total. The predicted molar refractivity (Wildman–Crippen MR) is 246 cm³/mol. The van der Waals surface area contributed by atoms with Crippen LogP contribution in [0.3, 0.4) is 0 Å². The molecule has 0 radical (unpaired) electrons. The van der Waals surface area contributed by atoms with Crippen molar-refractivity contribution >= 4 is 17.8 Å². The molecule has 1 atom stereocenters. The van der Waals surface area contributed by atoms with E-state index in [1.807, 2.05) is 12.2 Å². The number of carbonyl (C=O) groups is 3. The van der Waals surface area contributed by atoms with Gasteiger partial charge in [0.2, 0.25) is 11.8 Å². The molecule has 0 aliphatic heterocycles. The van der Waals surface area contributed by atoms with Gasteiger partial charge in [0.1, 0.15) is 6.04 Å². The normalized spacial score (nSPS) is 13.5. The molecular formula is C51H76N2O4. The Kier molecular flexibility index (Phi) is 40.4. The van der Waals surface area contributed by atoms with Gasteiger partial charge < -0.3 is 15.4 Å². The standard InChI is InChI=1S/C51H76N2O4/c1-4-6-8-10-12-14-16-18-20-22-24-26-28-30-32-34-36-38-40-45-49(54)52-47-43-42-44-48(51(56)57-3)53-50(55)46-41-39-37-35-33-31-29-27-25-23-21-19-17-15-13-11-9-7-5-2/h6-9,12-15,18-21,24-27,30-33,36-39,48H,4-5,10-11,16-17,22-23,28-29,34-35,40-47H2,1-3H3,(H,52,54)(H,53,55)/b8-6-,9-7-,14-12-,15-13-,20-18-,21-19-,26-24-,27-25-,32-30-,33-31-,38-36-,39-37-. The second-order valence-corrected chi connectivity index (χ2v) is 13.4. The fourth-order valence-electron chi connectivity index (χ4n) is 5.16. The summed E-state index contributed by atoms with van der Waals surface area (Å²) in [6.07, 6.45) is 67.3. The minimum Gasteiger partial charge on any atom is -0.467 e. The summed E-state index contributed by atoms with van der Waals surface area (Å²) in [6, 6.07) is -0.684. The number of allylic oxidation sites excluding steroid dienone is 24. The van der Waals surface area contributed by atoms with Crippen LogP contribution in [0.25, 0.3) is 0 Å². The van der Waals surface area contributed by atoms with E-state index < -0.39 is 12.0 Å². The van der Waals surface area contributed by atoms with E-state index >= 15 is 0 Å². The van der Waals surface area contributed by atoms with Gasteiger partial charge in [-0.3, -0.25) is 9.59 Å². The van der Waals surface area contributed by atoms with Crippen molar-refractivity contribution in [3.63, 3.8) is 0 Å². The van der Waals surface area contributed by atoms with Gasteiger partial charge in [0.05, 0.1) is 7.11 Å². The summed E-state index contributed by atoms with van der Waals surface area (Å²) in [5.41, 5.74) is 0. The van der Waals surface area contributed by atoms with E-state index in [1.165, 1.54) is 7.11 Å². The first-order chi connectivity index (χ1) is 28.0. The van der Waals surface area contributed by atoms with E-state index in [-0.39, 0.29) is 11.8 Å². The third kappa shape index (κ3) is 40.8. The Balaban J connectivity index is 3.99. The molecule has 57 heavy (non-hydrogen) atoms. The first-order valence-electron chi connectivity index (χ1n) is 21.5. The number of carbonyl (C=O) groups excluding carboxylic acids is 3. The molecular weight excluding hydrogens is 705 g/mol. The molecule has 0 aliphatic rings. The molecule has 1 unspecified atom stereocenters. The number of methoxy groups -OCH3 is 1. The molecule has 0 aromatic heterocycles. The number of amides is 2. The number of rotatable bonds is 35. The van der Waals surface area contributed by atoms with Gasteiger partial charge in [0.25, 0.3) is 0 Å². The largest absolute Gasteiger partial charge is 0.467 e. The van der Waals surface area contributed by atoms with E-state index in [1.54, 1.807) is 0 Å². The SMILES string of the molecule is CC/C=C\C/C=C\C/C=C\C/C=C\C/C=C\C/C=C\CCC(=O)NCCCCC(NC(=O)CC/C=C\C/C=C\C/C=C\C/C=C\C/C=C\C/C=C\CC)C(=O)OC. The van der Waals surface area contributed by atoms with E-state index in [9.17, 15) is 14.4 Å². The van der Waals surface area contributed by atoms with Gasteiger partial charge in [-0.15, -0.1) is 0 Å². The number of hydrogen-bond donors (Lipinski definition) is 2. The van der Waals surface area contributed by atoms with Crippen LogP contribution >= 0.6 is 0 Å². The van der Waals surface area contributed by atoms with Gasteiger partial charge in [-0.2, -0.15) is 0 Å². The first kappa shape index (κ1) is 52.3. The van der Waals surface area contributed by atoms with Crippen molar-refractivity contribution in [3.8, 4) is 0 Å². The molecule has 0 aliphatic carbocycles. The third-order valence-corrected chi connectivity index (χ3v) is 8.33. The van der Waals surface area contributed by atoms with Crippen LogP contribution in [-0.4, -0.2) is 37.5 Å². The molecule has 314 valence electrons. The lowest BCUT2D eigenvalue weighted by atomic mass is 10.1. The number of esters is 1. The quantitative estimate of drug-likeness (QED) is 0.0381. The second-order valence-electron chi connectivity index (χ2n) is 13.4. The van der Waals surface area contributed by atoms with E-state index in [0.29, 0.717) is 51.5 Å². The van der Waals surface area contributed by atoms with Crippen LogP contribution in [0, 0.1) is 0 Å². The zero-order valence-corrected chi connectivity index (χ0v) is 35.7. The monoisotopic (exact) mass is 781 g/mol. The van der Waals surface area contributed by atoms with Crippen molar-refractivity contribution < 1.29 is 19.1 Å². The van der Waals surface area contributed by atoms with Crippen LogP contribution < -0.4 is 10.6 Å². The molecule has 0 rings (SSSR count). The Morgan fingerprint density at radius 1 is 0.439 bits per heavy atom. The van der Waals surface area contributed by atoms with Crippen molar-refractivity contribution in [3.05, 3.63) is 146 Å². The van der Waals surface area contributed by atoms with Crippen LogP contribution in [0.5, 0.6) is 0 Å². The molecule has 0 heterocycles. The zero-order chi connectivity index (χ0) is 41.5.